The minimum absolute atomic E-state index is 0.613. The number of hydrogen-bond donors (Lipinski definition) is 1. The highest BCUT2D eigenvalue weighted by atomic mass is 14.9. The number of aryl methyl sites for hydroxylation is 1. The fourth-order valence-corrected chi connectivity index (χ4v) is 2.23. The third kappa shape index (κ3) is 2.85. The third-order valence-corrected chi connectivity index (χ3v) is 3.23. The van der Waals surface area contributed by atoms with Crippen LogP contribution in [-0.2, 0) is 6.42 Å². The van der Waals surface area contributed by atoms with Gasteiger partial charge in [-0.1, -0.05) is 19.4 Å². The number of nitrogens with one attached hydrogen (secondary N) is 1. The van der Waals surface area contributed by atoms with Gasteiger partial charge in [-0.25, -0.2) is 0 Å². The summed E-state index contributed by atoms with van der Waals surface area (Å²) in [5.74, 6) is 0. The molecule has 1 aromatic carbocycles. The molecule has 0 spiro atoms. The molecule has 0 unspecified atom stereocenters. The van der Waals surface area contributed by atoms with Crippen LogP contribution in [0.3, 0.4) is 0 Å². The zero-order valence-electron chi connectivity index (χ0n) is 11.5. The molecular formula is C16H19N3. The molecule has 0 amide bonds. The van der Waals surface area contributed by atoms with Gasteiger partial charge >= 0.3 is 0 Å². The van der Waals surface area contributed by atoms with E-state index in [9.17, 15) is 5.26 Å². The first-order chi connectivity index (χ1) is 9.30. The van der Waals surface area contributed by atoms with Crippen LogP contribution in [-0.4, -0.2) is 11.5 Å². The SMILES string of the molecule is CCCCc1ccc2ncc(C#N)c(NCC)c2c1. The van der Waals surface area contributed by atoms with Gasteiger partial charge in [0, 0.05) is 18.1 Å². The summed E-state index contributed by atoms with van der Waals surface area (Å²) < 4.78 is 0. The highest BCUT2D eigenvalue weighted by Crippen LogP contribution is 2.27. The lowest BCUT2D eigenvalue weighted by atomic mass is 10.0. The van der Waals surface area contributed by atoms with Gasteiger partial charge in [0.05, 0.1) is 16.8 Å². The first-order valence-electron chi connectivity index (χ1n) is 6.85. The van der Waals surface area contributed by atoms with Crippen molar-refractivity contribution in [2.75, 3.05) is 11.9 Å². The zero-order chi connectivity index (χ0) is 13.7. The third-order valence-electron chi connectivity index (χ3n) is 3.23. The minimum Gasteiger partial charge on any atom is -0.384 e. The summed E-state index contributed by atoms with van der Waals surface area (Å²) in [7, 11) is 0. The molecule has 1 N–H and O–H groups in total. The number of hydrogen-bond acceptors (Lipinski definition) is 3. The Kier molecular flexibility index (Phi) is 4.35. The molecule has 98 valence electrons. The Labute approximate surface area is 114 Å². The molecule has 19 heavy (non-hydrogen) atoms. The number of fused-ring (bicyclic) bond motifs is 1. The molecule has 2 rings (SSSR count). The molecule has 3 nitrogen and oxygen atoms in total. The van der Waals surface area contributed by atoms with E-state index < -0.39 is 0 Å². The lowest BCUT2D eigenvalue weighted by Crippen LogP contribution is -2.01. The van der Waals surface area contributed by atoms with Gasteiger partial charge in [-0.15, -0.1) is 0 Å². The lowest BCUT2D eigenvalue weighted by Gasteiger charge is -2.11. The maximum Gasteiger partial charge on any atom is 0.103 e. The van der Waals surface area contributed by atoms with Gasteiger partial charge in [0.15, 0.2) is 0 Å². The number of rotatable bonds is 5. The van der Waals surface area contributed by atoms with E-state index in [1.165, 1.54) is 18.4 Å². The average Bonchev–Trinajstić information content (AvgIpc) is 2.45. The molecule has 0 atom stereocenters. The van der Waals surface area contributed by atoms with Crippen LogP contribution < -0.4 is 5.32 Å². The molecule has 0 saturated carbocycles. The quantitative estimate of drug-likeness (QED) is 0.879. The fourth-order valence-electron chi connectivity index (χ4n) is 2.23. The van der Waals surface area contributed by atoms with Gasteiger partial charge in [0.25, 0.3) is 0 Å². The largest absolute Gasteiger partial charge is 0.384 e. The predicted molar refractivity (Wildman–Crippen MR) is 79.2 cm³/mol. The van der Waals surface area contributed by atoms with Crippen molar-refractivity contribution < 1.29 is 0 Å². The van der Waals surface area contributed by atoms with Crippen molar-refractivity contribution >= 4 is 16.6 Å². The fraction of sp³-hybridized carbons (Fsp3) is 0.375. The summed E-state index contributed by atoms with van der Waals surface area (Å²) in [6, 6.07) is 8.55. The molecule has 0 fully saturated rings. The first kappa shape index (κ1) is 13.4. The second-order valence-electron chi connectivity index (χ2n) is 4.64. The summed E-state index contributed by atoms with van der Waals surface area (Å²) in [6.07, 6.45) is 5.10. The maximum atomic E-state index is 9.19. The predicted octanol–water partition coefficient (Wildman–Crippen LogP) is 3.88. The number of pyridine rings is 1. The second-order valence-corrected chi connectivity index (χ2v) is 4.64. The van der Waals surface area contributed by atoms with Gasteiger partial charge in [-0.3, -0.25) is 4.98 Å². The van der Waals surface area contributed by atoms with Crippen molar-refractivity contribution in [1.82, 2.24) is 4.98 Å². The molecule has 3 heteroatoms. The van der Waals surface area contributed by atoms with E-state index in [0.717, 1.165) is 29.6 Å². The molecule has 0 radical (unpaired) electrons. The van der Waals surface area contributed by atoms with Crippen molar-refractivity contribution in [3.05, 3.63) is 35.5 Å². The molecule has 2 aromatic rings. The van der Waals surface area contributed by atoms with Crippen LogP contribution in [0.1, 0.15) is 37.8 Å². The molecule has 0 aliphatic rings. The number of benzene rings is 1. The Morgan fingerprint density at radius 2 is 2.16 bits per heavy atom. The van der Waals surface area contributed by atoms with E-state index in [1.807, 2.05) is 13.0 Å². The molecule has 0 bridgehead atoms. The maximum absolute atomic E-state index is 9.19. The monoisotopic (exact) mass is 253 g/mol. The second kappa shape index (κ2) is 6.19. The smallest absolute Gasteiger partial charge is 0.103 e. The number of anilines is 1. The normalized spacial score (nSPS) is 10.4. The van der Waals surface area contributed by atoms with Gasteiger partial charge in [0.1, 0.15) is 6.07 Å². The van der Waals surface area contributed by atoms with Crippen LogP contribution in [0.2, 0.25) is 0 Å². The molecule has 1 aromatic heterocycles. The van der Waals surface area contributed by atoms with Crippen LogP contribution in [0.25, 0.3) is 10.9 Å². The van der Waals surface area contributed by atoms with Crippen LogP contribution >= 0.6 is 0 Å². The Morgan fingerprint density at radius 3 is 2.84 bits per heavy atom. The Morgan fingerprint density at radius 1 is 1.32 bits per heavy atom. The van der Waals surface area contributed by atoms with Gasteiger partial charge in [0.2, 0.25) is 0 Å². The van der Waals surface area contributed by atoms with Crippen molar-refractivity contribution in [3.8, 4) is 6.07 Å². The van der Waals surface area contributed by atoms with Gasteiger partial charge < -0.3 is 5.32 Å². The minimum atomic E-state index is 0.613. The number of nitriles is 1. The van der Waals surface area contributed by atoms with E-state index in [4.69, 9.17) is 0 Å². The molecule has 0 aliphatic carbocycles. The summed E-state index contributed by atoms with van der Waals surface area (Å²) in [4.78, 5) is 4.35. The van der Waals surface area contributed by atoms with Crippen LogP contribution in [0.4, 0.5) is 5.69 Å². The Balaban J connectivity index is 2.53. The Bertz CT molecular complexity index is 611. The summed E-state index contributed by atoms with van der Waals surface area (Å²) >= 11 is 0. The molecular weight excluding hydrogens is 234 g/mol. The van der Waals surface area contributed by atoms with Crippen molar-refractivity contribution in [1.29, 1.82) is 5.26 Å². The van der Waals surface area contributed by atoms with E-state index in [-0.39, 0.29) is 0 Å². The van der Waals surface area contributed by atoms with Crippen LogP contribution in [0, 0.1) is 11.3 Å². The van der Waals surface area contributed by atoms with E-state index in [0.29, 0.717) is 5.56 Å². The number of nitrogens with zero attached hydrogens (tertiary/aromatic N) is 2. The summed E-state index contributed by atoms with van der Waals surface area (Å²) in [6.45, 7) is 5.03. The highest BCUT2D eigenvalue weighted by Gasteiger charge is 2.08. The lowest BCUT2D eigenvalue weighted by molar-refractivity contribution is 0.796. The van der Waals surface area contributed by atoms with Crippen LogP contribution in [0.5, 0.6) is 0 Å². The first-order valence-corrected chi connectivity index (χ1v) is 6.85. The number of aromatic nitrogens is 1. The standard InChI is InChI=1S/C16H19N3/c1-3-5-6-12-7-8-15-14(9-12)16(18-4-2)13(10-17)11-19-15/h7-9,11H,3-6H2,1-2H3,(H,18,19). The van der Waals surface area contributed by atoms with Crippen molar-refractivity contribution in [2.45, 2.75) is 33.1 Å². The average molecular weight is 253 g/mol. The molecule has 0 saturated heterocycles. The van der Waals surface area contributed by atoms with E-state index in [2.05, 4.69) is 35.4 Å². The van der Waals surface area contributed by atoms with Crippen molar-refractivity contribution in [2.24, 2.45) is 0 Å². The van der Waals surface area contributed by atoms with Crippen molar-refractivity contribution in [3.63, 3.8) is 0 Å². The van der Waals surface area contributed by atoms with Gasteiger partial charge in [-0.2, -0.15) is 5.26 Å². The summed E-state index contributed by atoms with van der Waals surface area (Å²) in [5.41, 5.74) is 3.77. The number of unbranched alkanes of at least 4 members (excludes halogenated alkanes) is 1. The van der Waals surface area contributed by atoms with Crippen LogP contribution in [0.15, 0.2) is 24.4 Å². The summed E-state index contributed by atoms with van der Waals surface area (Å²) in [5, 5.41) is 13.5. The molecule has 0 aliphatic heterocycles. The van der Waals surface area contributed by atoms with Gasteiger partial charge in [-0.05, 0) is 37.5 Å². The van der Waals surface area contributed by atoms with E-state index >= 15 is 0 Å². The zero-order valence-corrected chi connectivity index (χ0v) is 11.5. The Hall–Kier alpha value is -2.08. The molecule has 1 heterocycles. The topological polar surface area (TPSA) is 48.7 Å². The highest BCUT2D eigenvalue weighted by molar-refractivity contribution is 5.94. The van der Waals surface area contributed by atoms with E-state index in [1.54, 1.807) is 6.20 Å².